The molecule has 0 spiro atoms. The molecule has 0 saturated carbocycles. The van der Waals surface area contributed by atoms with Gasteiger partial charge in [-0.2, -0.15) is 0 Å². The minimum Gasteiger partial charge on any atom is -0.376 e. The van der Waals surface area contributed by atoms with E-state index in [0.29, 0.717) is 6.61 Å². The molecule has 0 amide bonds. The van der Waals surface area contributed by atoms with Gasteiger partial charge in [0, 0.05) is 31.4 Å². The largest absolute Gasteiger partial charge is 0.376 e. The Bertz CT molecular complexity index is 198. The van der Waals surface area contributed by atoms with Gasteiger partial charge in [0.15, 0.2) is 0 Å². The number of hydrogen-bond acceptors (Lipinski definition) is 3. The molecule has 2 N–H and O–H groups in total. The molecule has 0 radical (unpaired) electrons. The van der Waals surface area contributed by atoms with Gasteiger partial charge in [-0.3, -0.25) is 0 Å². The third kappa shape index (κ3) is 4.99. The van der Waals surface area contributed by atoms with Crippen molar-refractivity contribution in [3.8, 4) is 0 Å². The van der Waals surface area contributed by atoms with Crippen molar-refractivity contribution in [1.82, 2.24) is 4.90 Å². The highest BCUT2D eigenvalue weighted by Gasteiger charge is 2.13. The van der Waals surface area contributed by atoms with Gasteiger partial charge in [-0.15, -0.1) is 0 Å². The molecule has 0 fully saturated rings. The monoisotopic (exact) mass is 228 g/mol. The van der Waals surface area contributed by atoms with Gasteiger partial charge in [0.1, 0.15) is 0 Å². The molecule has 0 aromatic rings. The summed E-state index contributed by atoms with van der Waals surface area (Å²) in [5.74, 6) is 0. The molecule has 0 bridgehead atoms. The molecule has 0 aromatic heterocycles. The number of allylic oxidation sites excluding steroid dienone is 1. The first-order valence-corrected chi connectivity index (χ1v) is 6.43. The quantitative estimate of drug-likeness (QED) is 0.693. The van der Waals surface area contributed by atoms with Crippen LogP contribution in [0.25, 0.3) is 0 Å². The van der Waals surface area contributed by atoms with Gasteiger partial charge in [-0.05, 0) is 40.2 Å². The van der Waals surface area contributed by atoms with Gasteiger partial charge >= 0.3 is 0 Å². The Hall–Kier alpha value is -0.540. The van der Waals surface area contributed by atoms with Crippen LogP contribution in [0.3, 0.4) is 0 Å². The van der Waals surface area contributed by atoms with E-state index in [1.165, 1.54) is 5.70 Å². The highest BCUT2D eigenvalue weighted by molar-refractivity contribution is 5.06. The van der Waals surface area contributed by atoms with Crippen LogP contribution in [0.4, 0.5) is 0 Å². The summed E-state index contributed by atoms with van der Waals surface area (Å²) < 4.78 is 5.65. The first-order valence-electron chi connectivity index (χ1n) is 6.43. The Labute approximate surface area is 101 Å². The summed E-state index contributed by atoms with van der Waals surface area (Å²) in [5, 5.41) is 0. The van der Waals surface area contributed by atoms with E-state index < -0.39 is 0 Å². The van der Waals surface area contributed by atoms with Crippen molar-refractivity contribution in [3.63, 3.8) is 0 Å². The van der Waals surface area contributed by atoms with Crippen LogP contribution in [0.2, 0.25) is 0 Å². The maximum Gasteiger partial charge on any atom is 0.0923 e. The van der Waals surface area contributed by atoms with Crippen LogP contribution in [0.1, 0.15) is 41.0 Å². The molecule has 0 heterocycles. The second-order valence-electron chi connectivity index (χ2n) is 3.96. The third-order valence-corrected chi connectivity index (χ3v) is 2.77. The van der Waals surface area contributed by atoms with Gasteiger partial charge in [0.05, 0.1) is 6.10 Å². The molecule has 96 valence electrons. The first kappa shape index (κ1) is 15.5. The molecule has 0 rings (SSSR count). The molecule has 0 aromatic carbocycles. The highest BCUT2D eigenvalue weighted by Crippen LogP contribution is 2.12. The van der Waals surface area contributed by atoms with Crippen molar-refractivity contribution in [2.45, 2.75) is 53.2 Å². The molecular weight excluding hydrogens is 200 g/mol. The molecule has 0 aliphatic heterocycles. The number of ether oxygens (including phenoxy) is 1. The van der Waals surface area contributed by atoms with E-state index in [0.717, 1.165) is 19.5 Å². The zero-order valence-electron chi connectivity index (χ0n) is 11.5. The fraction of sp³-hybridized carbons (Fsp3) is 0.846. The van der Waals surface area contributed by atoms with E-state index in [1.807, 2.05) is 13.8 Å². The number of hydrogen-bond donors (Lipinski definition) is 1. The van der Waals surface area contributed by atoms with Crippen LogP contribution in [-0.2, 0) is 4.74 Å². The predicted octanol–water partition coefficient (Wildman–Crippen LogP) is 2.37. The van der Waals surface area contributed by atoms with E-state index >= 15 is 0 Å². The summed E-state index contributed by atoms with van der Waals surface area (Å²) in [7, 11) is 0. The lowest BCUT2D eigenvalue weighted by Gasteiger charge is -2.26. The van der Waals surface area contributed by atoms with Crippen LogP contribution in [0.5, 0.6) is 0 Å². The normalized spacial score (nSPS) is 16.0. The maximum atomic E-state index is 5.92. The topological polar surface area (TPSA) is 38.5 Å². The molecule has 0 saturated heterocycles. The van der Waals surface area contributed by atoms with Crippen LogP contribution < -0.4 is 5.73 Å². The van der Waals surface area contributed by atoms with E-state index in [2.05, 4.69) is 31.7 Å². The van der Waals surface area contributed by atoms with Crippen LogP contribution in [0.15, 0.2) is 11.8 Å². The molecule has 2 atom stereocenters. The van der Waals surface area contributed by atoms with Gasteiger partial charge < -0.3 is 15.4 Å². The predicted molar refractivity (Wildman–Crippen MR) is 70.4 cm³/mol. The van der Waals surface area contributed by atoms with E-state index in [9.17, 15) is 0 Å². The van der Waals surface area contributed by atoms with Crippen LogP contribution in [-0.4, -0.2) is 36.7 Å². The second kappa shape index (κ2) is 8.59. The minimum absolute atomic E-state index is 0.0283. The summed E-state index contributed by atoms with van der Waals surface area (Å²) in [6, 6.07) is 0.0389. The number of nitrogens with two attached hydrogens (primary N) is 1. The average Bonchev–Trinajstić information content (AvgIpc) is 2.27. The van der Waals surface area contributed by atoms with Crippen molar-refractivity contribution in [3.05, 3.63) is 11.8 Å². The van der Waals surface area contributed by atoms with E-state index in [-0.39, 0.29) is 12.1 Å². The lowest BCUT2D eigenvalue weighted by atomic mass is 10.1. The van der Waals surface area contributed by atoms with E-state index in [4.69, 9.17) is 10.5 Å². The van der Waals surface area contributed by atoms with Crippen molar-refractivity contribution in [1.29, 1.82) is 0 Å². The van der Waals surface area contributed by atoms with E-state index in [1.54, 1.807) is 0 Å². The Morgan fingerprint density at radius 2 is 1.81 bits per heavy atom. The van der Waals surface area contributed by atoms with Gasteiger partial charge in [0.2, 0.25) is 0 Å². The summed E-state index contributed by atoms with van der Waals surface area (Å²) in [4.78, 5) is 2.36. The van der Waals surface area contributed by atoms with Crippen molar-refractivity contribution in [2.75, 3.05) is 19.7 Å². The molecular formula is C13H28N2O. The average molecular weight is 228 g/mol. The smallest absolute Gasteiger partial charge is 0.0923 e. The lowest BCUT2D eigenvalue weighted by Crippen LogP contribution is -2.34. The summed E-state index contributed by atoms with van der Waals surface area (Å²) in [5.41, 5.74) is 7.25. The van der Waals surface area contributed by atoms with Gasteiger partial charge in [0.25, 0.3) is 0 Å². The van der Waals surface area contributed by atoms with Crippen molar-refractivity contribution < 1.29 is 4.74 Å². The minimum atomic E-state index is 0.0283. The molecule has 1 unspecified atom stereocenters. The Morgan fingerprint density at radius 3 is 2.12 bits per heavy atom. The standard InChI is InChI=1S/C13H28N2O/c1-6-12(15(7-2)8-3)10-13(11(5)14)16-9-4/h10-11,13H,6-9,14H2,1-5H3/b12-10+/t11-,13?/m0/s1. The second-order valence-corrected chi connectivity index (χ2v) is 3.96. The van der Waals surface area contributed by atoms with Gasteiger partial charge in [-0.1, -0.05) is 6.92 Å². The Morgan fingerprint density at radius 1 is 1.25 bits per heavy atom. The summed E-state index contributed by atoms with van der Waals surface area (Å²) >= 11 is 0. The summed E-state index contributed by atoms with van der Waals surface area (Å²) in [6.07, 6.45) is 3.24. The molecule has 0 aliphatic carbocycles. The maximum absolute atomic E-state index is 5.92. The first-order chi connectivity index (χ1) is 7.60. The number of rotatable bonds is 8. The van der Waals surface area contributed by atoms with Crippen LogP contribution in [0, 0.1) is 0 Å². The fourth-order valence-electron chi connectivity index (χ4n) is 1.81. The lowest BCUT2D eigenvalue weighted by molar-refractivity contribution is 0.0798. The molecule has 16 heavy (non-hydrogen) atoms. The molecule has 3 heteroatoms. The van der Waals surface area contributed by atoms with Crippen LogP contribution >= 0.6 is 0 Å². The Kier molecular flexibility index (Phi) is 8.30. The zero-order valence-corrected chi connectivity index (χ0v) is 11.5. The van der Waals surface area contributed by atoms with Crippen molar-refractivity contribution in [2.24, 2.45) is 5.73 Å². The highest BCUT2D eigenvalue weighted by atomic mass is 16.5. The number of nitrogens with zero attached hydrogens (tertiary/aromatic N) is 1. The third-order valence-electron chi connectivity index (χ3n) is 2.77. The SMILES string of the molecule is CCOC(/C=C(\CC)N(CC)CC)[C@H](C)N. The zero-order chi connectivity index (χ0) is 12.6. The fourth-order valence-corrected chi connectivity index (χ4v) is 1.81. The summed E-state index contributed by atoms with van der Waals surface area (Å²) in [6.45, 7) is 13.3. The Balaban J connectivity index is 4.73. The molecule has 3 nitrogen and oxygen atoms in total. The van der Waals surface area contributed by atoms with Crippen molar-refractivity contribution >= 4 is 0 Å². The molecule has 0 aliphatic rings. The van der Waals surface area contributed by atoms with Gasteiger partial charge in [-0.25, -0.2) is 0 Å².